The number of aromatic amines is 1. The number of H-pyrrole nitrogens is 1. The second-order valence-electron chi connectivity index (χ2n) is 5.18. The zero-order chi connectivity index (χ0) is 15.0. The van der Waals surface area contributed by atoms with E-state index in [0.29, 0.717) is 36.9 Å². The first kappa shape index (κ1) is 13.9. The number of carbonyl (C=O) groups is 2. The Balaban J connectivity index is 1.78. The molecule has 0 spiro atoms. The first-order chi connectivity index (χ1) is 10.1. The van der Waals surface area contributed by atoms with E-state index in [2.05, 4.69) is 4.98 Å². The summed E-state index contributed by atoms with van der Waals surface area (Å²) in [5, 5.41) is 1.48. The number of nitrogens with one attached hydrogen (secondary N) is 1. The lowest BCUT2D eigenvalue weighted by atomic mass is 10.2. The Morgan fingerprint density at radius 3 is 2.43 bits per heavy atom. The molecule has 2 heterocycles. The van der Waals surface area contributed by atoms with Crippen molar-refractivity contribution >= 4 is 34.3 Å². The number of fused-ring (bicyclic) bond motifs is 1. The molecule has 1 N–H and O–H groups in total. The van der Waals surface area contributed by atoms with Crippen LogP contribution in [-0.4, -0.2) is 52.8 Å². The molecule has 6 heteroatoms. The third-order valence-corrected chi connectivity index (χ3v) is 4.18. The summed E-state index contributed by atoms with van der Waals surface area (Å²) >= 11 is 6.13. The van der Waals surface area contributed by atoms with Gasteiger partial charge in [-0.05, 0) is 18.2 Å². The fraction of sp³-hybridized carbons (Fsp3) is 0.333. The van der Waals surface area contributed by atoms with Gasteiger partial charge in [0.2, 0.25) is 5.91 Å². The number of carbonyl (C=O) groups excluding carboxylic acids is 2. The number of amides is 2. The summed E-state index contributed by atoms with van der Waals surface area (Å²) in [6.07, 6.45) is 0. The summed E-state index contributed by atoms with van der Waals surface area (Å²) in [5.74, 6) is 0.00459. The predicted octanol–water partition coefficient (Wildman–Crippen LogP) is 2.13. The lowest BCUT2D eigenvalue weighted by Crippen LogP contribution is -2.50. The fourth-order valence-corrected chi connectivity index (χ4v) is 2.86. The molecule has 2 aromatic rings. The number of hydrogen-bond acceptors (Lipinski definition) is 2. The number of benzene rings is 1. The highest BCUT2D eigenvalue weighted by Gasteiger charge is 2.24. The van der Waals surface area contributed by atoms with Crippen molar-refractivity contribution in [2.24, 2.45) is 0 Å². The average Bonchev–Trinajstić information content (AvgIpc) is 2.92. The van der Waals surface area contributed by atoms with E-state index >= 15 is 0 Å². The van der Waals surface area contributed by atoms with E-state index in [-0.39, 0.29) is 11.8 Å². The Kier molecular flexibility index (Phi) is 3.59. The monoisotopic (exact) mass is 305 g/mol. The van der Waals surface area contributed by atoms with E-state index in [1.807, 2.05) is 12.1 Å². The van der Waals surface area contributed by atoms with Crippen molar-refractivity contribution in [3.63, 3.8) is 0 Å². The standard InChI is InChI=1S/C15H16ClN3O2/c1-10(20)18-5-7-19(8-6-18)15(21)14-9-11-12(16)3-2-4-13(11)17-14/h2-4,9,17H,5-8H2,1H3. The van der Waals surface area contributed by atoms with Gasteiger partial charge >= 0.3 is 0 Å². The summed E-state index contributed by atoms with van der Waals surface area (Å²) in [6, 6.07) is 7.34. The number of rotatable bonds is 1. The summed E-state index contributed by atoms with van der Waals surface area (Å²) in [6.45, 7) is 3.84. The Hall–Kier alpha value is -2.01. The van der Waals surface area contributed by atoms with Crippen LogP contribution < -0.4 is 0 Å². The molecule has 0 radical (unpaired) electrons. The first-order valence-corrected chi connectivity index (χ1v) is 7.26. The van der Waals surface area contributed by atoms with Crippen LogP contribution >= 0.6 is 11.6 Å². The van der Waals surface area contributed by atoms with Crippen molar-refractivity contribution in [2.75, 3.05) is 26.2 Å². The summed E-state index contributed by atoms with van der Waals surface area (Å²) in [7, 11) is 0. The molecule has 21 heavy (non-hydrogen) atoms. The lowest BCUT2D eigenvalue weighted by molar-refractivity contribution is -0.130. The number of aromatic nitrogens is 1. The van der Waals surface area contributed by atoms with Gasteiger partial charge in [-0.3, -0.25) is 9.59 Å². The summed E-state index contributed by atoms with van der Waals surface area (Å²) in [4.78, 5) is 30.4. The topological polar surface area (TPSA) is 56.4 Å². The number of halogens is 1. The average molecular weight is 306 g/mol. The van der Waals surface area contributed by atoms with Gasteiger partial charge in [0.1, 0.15) is 5.69 Å². The third-order valence-electron chi connectivity index (χ3n) is 3.85. The molecule has 110 valence electrons. The highest BCUT2D eigenvalue weighted by molar-refractivity contribution is 6.35. The van der Waals surface area contributed by atoms with Crippen LogP contribution in [0.1, 0.15) is 17.4 Å². The Morgan fingerprint density at radius 2 is 1.81 bits per heavy atom. The Morgan fingerprint density at radius 1 is 1.14 bits per heavy atom. The quantitative estimate of drug-likeness (QED) is 0.877. The van der Waals surface area contributed by atoms with E-state index in [4.69, 9.17) is 11.6 Å². The van der Waals surface area contributed by atoms with Crippen LogP contribution in [0.3, 0.4) is 0 Å². The molecule has 0 saturated carbocycles. The molecule has 1 aliphatic heterocycles. The van der Waals surface area contributed by atoms with Crippen LogP contribution in [0.15, 0.2) is 24.3 Å². The third kappa shape index (κ3) is 2.61. The van der Waals surface area contributed by atoms with Crippen LogP contribution in [-0.2, 0) is 4.79 Å². The van der Waals surface area contributed by atoms with Crippen LogP contribution in [0.25, 0.3) is 10.9 Å². The molecule has 0 aliphatic carbocycles. The van der Waals surface area contributed by atoms with Gasteiger partial charge < -0.3 is 14.8 Å². The van der Waals surface area contributed by atoms with E-state index in [0.717, 1.165) is 10.9 Å². The second-order valence-corrected chi connectivity index (χ2v) is 5.59. The molecule has 3 rings (SSSR count). The van der Waals surface area contributed by atoms with Gasteiger partial charge in [0, 0.05) is 49.0 Å². The molecule has 1 fully saturated rings. The minimum absolute atomic E-state index is 0.0505. The van der Waals surface area contributed by atoms with Gasteiger partial charge in [-0.2, -0.15) is 0 Å². The lowest BCUT2D eigenvalue weighted by Gasteiger charge is -2.33. The highest BCUT2D eigenvalue weighted by atomic mass is 35.5. The van der Waals surface area contributed by atoms with Crippen molar-refractivity contribution in [2.45, 2.75) is 6.92 Å². The maximum Gasteiger partial charge on any atom is 0.270 e. The zero-order valence-corrected chi connectivity index (χ0v) is 12.5. The van der Waals surface area contributed by atoms with E-state index in [1.54, 1.807) is 28.9 Å². The minimum Gasteiger partial charge on any atom is -0.350 e. The zero-order valence-electron chi connectivity index (χ0n) is 11.7. The Labute approximate surface area is 127 Å². The highest BCUT2D eigenvalue weighted by Crippen LogP contribution is 2.24. The molecule has 5 nitrogen and oxygen atoms in total. The number of hydrogen-bond donors (Lipinski definition) is 1. The molecule has 1 saturated heterocycles. The van der Waals surface area contributed by atoms with Crippen LogP contribution in [0.2, 0.25) is 5.02 Å². The van der Waals surface area contributed by atoms with Crippen molar-refractivity contribution < 1.29 is 9.59 Å². The number of piperazine rings is 1. The van der Waals surface area contributed by atoms with Gasteiger partial charge in [-0.25, -0.2) is 0 Å². The maximum atomic E-state index is 12.5. The molecular formula is C15H16ClN3O2. The van der Waals surface area contributed by atoms with Gasteiger partial charge in [-0.1, -0.05) is 17.7 Å². The largest absolute Gasteiger partial charge is 0.350 e. The van der Waals surface area contributed by atoms with Crippen LogP contribution in [0.5, 0.6) is 0 Å². The summed E-state index contributed by atoms with van der Waals surface area (Å²) < 4.78 is 0. The van der Waals surface area contributed by atoms with Crippen molar-refractivity contribution in [1.82, 2.24) is 14.8 Å². The van der Waals surface area contributed by atoms with E-state index in [9.17, 15) is 9.59 Å². The second kappa shape index (κ2) is 5.41. The van der Waals surface area contributed by atoms with Gasteiger partial charge in [-0.15, -0.1) is 0 Å². The van der Waals surface area contributed by atoms with Crippen molar-refractivity contribution in [3.05, 3.63) is 35.0 Å². The molecule has 1 aromatic carbocycles. The summed E-state index contributed by atoms with van der Waals surface area (Å²) in [5.41, 5.74) is 1.39. The molecule has 1 aliphatic rings. The number of nitrogens with zero attached hydrogens (tertiary/aromatic N) is 2. The van der Waals surface area contributed by atoms with Gasteiger partial charge in [0.15, 0.2) is 0 Å². The van der Waals surface area contributed by atoms with Crippen LogP contribution in [0.4, 0.5) is 0 Å². The molecule has 0 unspecified atom stereocenters. The smallest absolute Gasteiger partial charge is 0.270 e. The molecule has 0 bridgehead atoms. The van der Waals surface area contributed by atoms with E-state index in [1.165, 1.54) is 0 Å². The maximum absolute atomic E-state index is 12.5. The van der Waals surface area contributed by atoms with Crippen molar-refractivity contribution in [3.8, 4) is 0 Å². The van der Waals surface area contributed by atoms with E-state index < -0.39 is 0 Å². The molecule has 2 amide bonds. The predicted molar refractivity (Wildman–Crippen MR) is 81.5 cm³/mol. The van der Waals surface area contributed by atoms with Gasteiger partial charge in [0.05, 0.1) is 0 Å². The minimum atomic E-state index is -0.0505. The van der Waals surface area contributed by atoms with Gasteiger partial charge in [0.25, 0.3) is 5.91 Å². The normalized spacial score (nSPS) is 15.5. The molecular weight excluding hydrogens is 290 g/mol. The van der Waals surface area contributed by atoms with Crippen LogP contribution in [0, 0.1) is 0 Å². The SMILES string of the molecule is CC(=O)N1CCN(C(=O)c2cc3c(Cl)cccc3[nH]2)CC1. The fourth-order valence-electron chi connectivity index (χ4n) is 2.63. The first-order valence-electron chi connectivity index (χ1n) is 6.88. The molecule has 1 aromatic heterocycles. The van der Waals surface area contributed by atoms with Crippen molar-refractivity contribution in [1.29, 1.82) is 0 Å². The Bertz CT molecular complexity index is 702. The molecule has 0 atom stereocenters.